The highest BCUT2D eigenvalue weighted by Gasteiger charge is 2.83. The fourth-order valence-electron chi connectivity index (χ4n) is 7.94. The van der Waals surface area contributed by atoms with E-state index in [0.29, 0.717) is 10.8 Å². The molecule has 106 valence electrons. The Kier molecular flexibility index (Phi) is 1.46. The summed E-state index contributed by atoms with van der Waals surface area (Å²) < 4.78 is 0. The summed E-state index contributed by atoms with van der Waals surface area (Å²) in [6, 6.07) is 18.8. The molecule has 0 aromatic heterocycles. The molecule has 0 aliphatic heterocycles. The SMILES string of the molecule is C1=C[C@H]2C[C@H]1[C@@]13c4ccccc4[C@@]21[C@H]1C[C@@H]3c2ccccc21. The van der Waals surface area contributed by atoms with Gasteiger partial charge in [0.05, 0.1) is 0 Å². The van der Waals surface area contributed by atoms with Gasteiger partial charge in [-0.3, -0.25) is 0 Å². The lowest BCUT2D eigenvalue weighted by Gasteiger charge is -2.64. The van der Waals surface area contributed by atoms with E-state index in [1.165, 1.54) is 12.8 Å². The van der Waals surface area contributed by atoms with Crippen LogP contribution in [0.25, 0.3) is 0 Å². The Morgan fingerprint density at radius 3 is 1.68 bits per heavy atom. The molecule has 6 atom stereocenters. The summed E-state index contributed by atoms with van der Waals surface area (Å²) in [5.41, 5.74) is 7.66. The van der Waals surface area contributed by atoms with E-state index in [-0.39, 0.29) is 0 Å². The molecule has 0 spiro atoms. The zero-order valence-corrected chi connectivity index (χ0v) is 12.5. The van der Waals surface area contributed by atoms with Crippen molar-refractivity contribution in [1.82, 2.24) is 0 Å². The second-order valence-corrected chi connectivity index (χ2v) is 8.09. The highest BCUT2D eigenvalue weighted by molar-refractivity contribution is 5.72. The molecule has 2 aromatic rings. The van der Waals surface area contributed by atoms with Gasteiger partial charge >= 0.3 is 0 Å². The van der Waals surface area contributed by atoms with Gasteiger partial charge < -0.3 is 0 Å². The van der Waals surface area contributed by atoms with Gasteiger partial charge in [-0.2, -0.15) is 0 Å². The van der Waals surface area contributed by atoms with Gasteiger partial charge in [-0.1, -0.05) is 60.7 Å². The largest absolute Gasteiger partial charge is 0.0841 e. The van der Waals surface area contributed by atoms with Crippen LogP contribution in [0.15, 0.2) is 60.7 Å². The van der Waals surface area contributed by atoms with Crippen molar-refractivity contribution in [3.8, 4) is 0 Å². The lowest BCUT2D eigenvalue weighted by atomic mass is 9.38. The average molecular weight is 282 g/mol. The first kappa shape index (κ1) is 10.8. The van der Waals surface area contributed by atoms with Gasteiger partial charge in [0.15, 0.2) is 0 Å². The van der Waals surface area contributed by atoms with Crippen LogP contribution in [0.5, 0.6) is 0 Å². The van der Waals surface area contributed by atoms with Crippen molar-refractivity contribution in [3.63, 3.8) is 0 Å². The fraction of sp³-hybridized carbons (Fsp3) is 0.364. The van der Waals surface area contributed by atoms with Crippen LogP contribution < -0.4 is 0 Å². The van der Waals surface area contributed by atoms with Crippen molar-refractivity contribution in [3.05, 3.63) is 82.9 Å². The Morgan fingerprint density at radius 1 is 0.636 bits per heavy atom. The van der Waals surface area contributed by atoms with E-state index in [4.69, 9.17) is 0 Å². The van der Waals surface area contributed by atoms with Crippen LogP contribution in [0.1, 0.15) is 46.9 Å². The first-order valence-electron chi connectivity index (χ1n) is 8.77. The lowest BCUT2D eigenvalue weighted by Crippen LogP contribution is -2.62. The van der Waals surface area contributed by atoms with Crippen LogP contribution in [-0.2, 0) is 10.8 Å². The summed E-state index contributed by atoms with van der Waals surface area (Å²) in [4.78, 5) is 0. The number of benzene rings is 2. The Balaban J connectivity index is 1.65. The third kappa shape index (κ3) is 0.722. The highest BCUT2D eigenvalue weighted by atomic mass is 14.8. The maximum atomic E-state index is 2.57. The van der Waals surface area contributed by atoms with E-state index < -0.39 is 0 Å². The van der Waals surface area contributed by atoms with Gasteiger partial charge in [0.2, 0.25) is 0 Å². The topological polar surface area (TPSA) is 0 Å². The highest BCUT2D eigenvalue weighted by Crippen LogP contribution is 2.87. The molecule has 0 heterocycles. The minimum absolute atomic E-state index is 0.446. The van der Waals surface area contributed by atoms with Crippen molar-refractivity contribution < 1.29 is 0 Å². The first-order chi connectivity index (χ1) is 10.9. The van der Waals surface area contributed by atoms with E-state index in [1.54, 1.807) is 22.3 Å². The molecule has 22 heavy (non-hydrogen) atoms. The Bertz CT molecular complexity index is 820. The lowest BCUT2D eigenvalue weighted by molar-refractivity contribution is 0.135. The van der Waals surface area contributed by atoms with Crippen LogP contribution in [0.2, 0.25) is 0 Å². The third-order valence-electron chi connectivity index (χ3n) is 8.07. The Morgan fingerprint density at radius 2 is 1.14 bits per heavy atom. The van der Waals surface area contributed by atoms with E-state index in [0.717, 1.165) is 23.7 Å². The summed E-state index contributed by atoms with van der Waals surface area (Å²) in [5.74, 6) is 3.11. The zero-order chi connectivity index (χ0) is 14.1. The fourth-order valence-corrected chi connectivity index (χ4v) is 7.94. The molecule has 2 fully saturated rings. The molecule has 5 aliphatic rings. The van der Waals surface area contributed by atoms with Gasteiger partial charge in [0, 0.05) is 10.8 Å². The van der Waals surface area contributed by atoms with Gasteiger partial charge in [-0.25, -0.2) is 0 Å². The molecule has 2 aromatic carbocycles. The second-order valence-electron chi connectivity index (χ2n) is 8.09. The zero-order valence-electron chi connectivity index (χ0n) is 12.5. The molecule has 2 saturated carbocycles. The minimum Gasteiger partial charge on any atom is -0.0841 e. The van der Waals surface area contributed by atoms with E-state index in [1.807, 2.05) is 0 Å². The standard InChI is InChI=1S/C22H18/c1-2-6-16-15(5-1)19-12-20(16)22-14-10-9-13(11-14)21(19,22)17-7-3-4-8-18(17)22/h1-10,13-14,19-20H,11-12H2/t13-,14-,19-,20+,21+,22-/m0/s1. The Labute approximate surface area is 130 Å². The van der Waals surface area contributed by atoms with E-state index >= 15 is 0 Å². The predicted octanol–water partition coefficient (Wildman–Crippen LogP) is 4.67. The van der Waals surface area contributed by atoms with Crippen LogP contribution in [0.3, 0.4) is 0 Å². The normalized spacial score (nSPS) is 46.9. The van der Waals surface area contributed by atoms with Crippen LogP contribution in [0.4, 0.5) is 0 Å². The van der Waals surface area contributed by atoms with Crippen LogP contribution >= 0.6 is 0 Å². The molecule has 7 rings (SSSR count). The number of allylic oxidation sites excluding steroid dienone is 2. The average Bonchev–Trinajstić information content (AvgIpc) is 3.27. The van der Waals surface area contributed by atoms with Crippen molar-refractivity contribution in [2.75, 3.05) is 0 Å². The molecule has 0 radical (unpaired) electrons. The molecular formula is C22H18. The number of rotatable bonds is 0. The van der Waals surface area contributed by atoms with Gasteiger partial charge in [-0.05, 0) is 58.8 Å². The number of hydrogen-bond donors (Lipinski definition) is 0. The number of fused-ring (bicyclic) bond motifs is 8. The summed E-state index contributed by atoms with van der Waals surface area (Å²) in [6.07, 6.45) is 7.93. The Hall–Kier alpha value is -1.82. The monoisotopic (exact) mass is 282 g/mol. The number of hydrogen-bond acceptors (Lipinski definition) is 0. The first-order valence-corrected chi connectivity index (χ1v) is 8.77. The maximum absolute atomic E-state index is 2.57. The third-order valence-corrected chi connectivity index (χ3v) is 8.07. The molecule has 0 unspecified atom stereocenters. The predicted molar refractivity (Wildman–Crippen MR) is 87.1 cm³/mol. The molecule has 0 heteroatoms. The van der Waals surface area contributed by atoms with Gasteiger partial charge in [-0.15, -0.1) is 0 Å². The molecule has 0 N–H and O–H groups in total. The van der Waals surface area contributed by atoms with Crippen LogP contribution in [0, 0.1) is 11.8 Å². The van der Waals surface area contributed by atoms with Crippen molar-refractivity contribution in [2.24, 2.45) is 11.8 Å². The summed E-state index contributed by atoms with van der Waals surface area (Å²) in [7, 11) is 0. The van der Waals surface area contributed by atoms with E-state index in [2.05, 4.69) is 60.7 Å². The van der Waals surface area contributed by atoms with Crippen LogP contribution in [-0.4, -0.2) is 0 Å². The minimum atomic E-state index is 0.446. The molecular weight excluding hydrogens is 264 g/mol. The maximum Gasteiger partial charge on any atom is 0.0196 e. The molecule has 0 nitrogen and oxygen atoms in total. The van der Waals surface area contributed by atoms with Crippen molar-refractivity contribution >= 4 is 0 Å². The smallest absolute Gasteiger partial charge is 0.0196 e. The van der Waals surface area contributed by atoms with Crippen molar-refractivity contribution in [1.29, 1.82) is 0 Å². The molecule has 0 saturated heterocycles. The molecule has 4 bridgehead atoms. The molecule has 0 amide bonds. The van der Waals surface area contributed by atoms with E-state index in [9.17, 15) is 0 Å². The molecule has 5 aliphatic carbocycles. The second kappa shape index (κ2) is 2.97. The van der Waals surface area contributed by atoms with Crippen molar-refractivity contribution in [2.45, 2.75) is 35.5 Å². The van der Waals surface area contributed by atoms with Gasteiger partial charge in [0.25, 0.3) is 0 Å². The summed E-state index contributed by atoms with van der Waals surface area (Å²) in [5, 5.41) is 0. The summed E-state index contributed by atoms with van der Waals surface area (Å²) in [6.45, 7) is 0. The summed E-state index contributed by atoms with van der Waals surface area (Å²) >= 11 is 0. The quantitative estimate of drug-likeness (QED) is 0.616. The van der Waals surface area contributed by atoms with Gasteiger partial charge in [0.1, 0.15) is 0 Å².